The van der Waals surface area contributed by atoms with Crippen LogP contribution in [0.2, 0.25) is 5.02 Å². The van der Waals surface area contributed by atoms with Crippen LogP contribution in [0.1, 0.15) is 46.8 Å². The number of fused-ring (bicyclic) bond motifs is 1. The molecule has 7 heteroatoms. The van der Waals surface area contributed by atoms with Crippen LogP contribution < -0.4 is 14.9 Å². The molecule has 0 heterocycles. The topological polar surface area (TPSA) is 80.2 Å². The summed E-state index contributed by atoms with van der Waals surface area (Å²) in [7, 11) is 1.61. The van der Waals surface area contributed by atoms with Crippen LogP contribution in [0.5, 0.6) is 17.2 Å². The Morgan fingerprint density at radius 3 is 2.53 bits per heavy atom. The summed E-state index contributed by atoms with van der Waals surface area (Å²) in [5.41, 5.74) is 5.89. The lowest BCUT2D eigenvalue weighted by Gasteiger charge is -2.14. The van der Waals surface area contributed by atoms with E-state index in [0.29, 0.717) is 18.3 Å². The number of carbonyl (C=O) groups is 1. The van der Waals surface area contributed by atoms with Crippen LogP contribution in [-0.4, -0.2) is 24.3 Å². The van der Waals surface area contributed by atoms with Crippen LogP contribution in [0.4, 0.5) is 0 Å². The smallest absolute Gasteiger partial charge is 0.271 e. The largest absolute Gasteiger partial charge is 0.506 e. The van der Waals surface area contributed by atoms with Crippen LogP contribution in [0.15, 0.2) is 77.9 Å². The third-order valence-electron chi connectivity index (χ3n) is 5.83. The molecule has 4 aromatic rings. The highest BCUT2D eigenvalue weighted by Gasteiger charge is 2.12. The minimum Gasteiger partial charge on any atom is -0.506 e. The number of hydrogen-bond donors (Lipinski definition) is 2. The molecule has 0 radical (unpaired) electrons. The van der Waals surface area contributed by atoms with E-state index in [4.69, 9.17) is 21.1 Å². The Hall–Kier alpha value is -4.03. The number of rotatable bonds is 8. The van der Waals surface area contributed by atoms with E-state index in [1.807, 2.05) is 30.3 Å². The molecule has 0 aliphatic carbocycles. The molecule has 0 unspecified atom stereocenters. The molecule has 0 fully saturated rings. The van der Waals surface area contributed by atoms with Gasteiger partial charge < -0.3 is 14.6 Å². The Labute approximate surface area is 215 Å². The minimum atomic E-state index is -0.451. The summed E-state index contributed by atoms with van der Waals surface area (Å²) in [5, 5.41) is 15.4. The van der Waals surface area contributed by atoms with E-state index in [1.54, 1.807) is 13.3 Å². The van der Waals surface area contributed by atoms with Crippen LogP contribution in [0, 0.1) is 0 Å². The quantitative estimate of drug-likeness (QED) is 0.208. The molecule has 2 N–H and O–H groups in total. The number of hydrazone groups is 1. The van der Waals surface area contributed by atoms with Gasteiger partial charge in [0.1, 0.15) is 23.9 Å². The van der Waals surface area contributed by atoms with Gasteiger partial charge in [-0.05, 0) is 53.4 Å². The highest BCUT2D eigenvalue weighted by Crippen LogP contribution is 2.35. The van der Waals surface area contributed by atoms with Gasteiger partial charge in [-0.1, -0.05) is 61.8 Å². The predicted molar refractivity (Wildman–Crippen MR) is 144 cm³/mol. The van der Waals surface area contributed by atoms with Gasteiger partial charge in [0.05, 0.1) is 18.3 Å². The average molecular weight is 503 g/mol. The zero-order valence-electron chi connectivity index (χ0n) is 20.3. The van der Waals surface area contributed by atoms with Gasteiger partial charge >= 0.3 is 0 Å². The van der Waals surface area contributed by atoms with Gasteiger partial charge in [-0.2, -0.15) is 5.10 Å². The number of aromatic hydroxyl groups is 1. The van der Waals surface area contributed by atoms with Gasteiger partial charge in [-0.15, -0.1) is 0 Å². The first-order valence-corrected chi connectivity index (χ1v) is 11.9. The Bertz CT molecular complexity index is 1420. The Morgan fingerprint density at radius 1 is 1.06 bits per heavy atom. The molecule has 4 rings (SSSR count). The maximum absolute atomic E-state index is 12.4. The number of benzene rings is 4. The van der Waals surface area contributed by atoms with Gasteiger partial charge in [-0.3, -0.25) is 4.79 Å². The summed E-state index contributed by atoms with van der Waals surface area (Å²) in [5.74, 6) is 1.32. The lowest BCUT2D eigenvalue weighted by Crippen LogP contribution is -2.17. The molecular weight excluding hydrogens is 476 g/mol. The zero-order chi connectivity index (χ0) is 25.7. The Kier molecular flexibility index (Phi) is 7.76. The normalized spacial score (nSPS) is 11.2. The second-order valence-electron chi connectivity index (χ2n) is 8.59. The first-order chi connectivity index (χ1) is 17.4. The number of amides is 1. The number of ether oxygens (including phenoxy) is 2. The minimum absolute atomic E-state index is 0.0915. The summed E-state index contributed by atoms with van der Waals surface area (Å²) < 4.78 is 11.8. The molecule has 0 saturated carbocycles. The van der Waals surface area contributed by atoms with E-state index in [0.717, 1.165) is 27.6 Å². The Balaban J connectivity index is 1.56. The molecule has 6 nitrogen and oxygen atoms in total. The van der Waals surface area contributed by atoms with Crippen molar-refractivity contribution < 1.29 is 19.4 Å². The van der Waals surface area contributed by atoms with Gasteiger partial charge in [-0.25, -0.2) is 5.43 Å². The fourth-order valence-corrected chi connectivity index (χ4v) is 3.99. The predicted octanol–water partition coefficient (Wildman–Crippen LogP) is 6.67. The molecule has 1 amide bonds. The third-order valence-corrected chi connectivity index (χ3v) is 6.14. The van der Waals surface area contributed by atoms with Crippen molar-refractivity contribution in [1.82, 2.24) is 5.43 Å². The van der Waals surface area contributed by atoms with Crippen molar-refractivity contribution in [2.45, 2.75) is 26.4 Å². The number of halogens is 1. The maximum Gasteiger partial charge on any atom is 0.271 e. The first kappa shape index (κ1) is 25.1. The summed E-state index contributed by atoms with van der Waals surface area (Å²) in [6.07, 6.45) is 1.55. The first-order valence-electron chi connectivity index (χ1n) is 11.5. The van der Waals surface area contributed by atoms with Crippen LogP contribution in [0.25, 0.3) is 10.8 Å². The van der Waals surface area contributed by atoms with Crippen molar-refractivity contribution in [1.29, 1.82) is 0 Å². The number of hydrogen-bond acceptors (Lipinski definition) is 5. The zero-order valence-corrected chi connectivity index (χ0v) is 21.0. The fraction of sp³-hybridized carbons (Fsp3) is 0.172. The SMILES string of the molecule is COc1cccc2c(OCc3ccc(C(C)C)cc3)ccc(C=NNC(=O)c3ccc(O)c(Cl)c3)c12. The highest BCUT2D eigenvalue weighted by atomic mass is 35.5. The van der Waals surface area contributed by atoms with E-state index in [1.165, 1.54) is 23.8 Å². The highest BCUT2D eigenvalue weighted by molar-refractivity contribution is 6.32. The number of nitrogens with zero attached hydrogens (tertiary/aromatic N) is 1. The fourth-order valence-electron chi connectivity index (χ4n) is 3.81. The van der Waals surface area contributed by atoms with E-state index < -0.39 is 5.91 Å². The lowest BCUT2D eigenvalue weighted by molar-refractivity contribution is 0.0955. The van der Waals surface area contributed by atoms with Crippen molar-refractivity contribution in [3.63, 3.8) is 0 Å². The molecule has 36 heavy (non-hydrogen) atoms. The number of phenolic OH excluding ortho intramolecular Hbond substituents is 1. The monoisotopic (exact) mass is 502 g/mol. The van der Waals surface area contributed by atoms with Crippen molar-refractivity contribution in [3.05, 3.63) is 100 Å². The standard InChI is InChI=1S/C29H27ClN2O4/c1-18(2)20-9-7-19(8-10-20)17-36-26-14-12-22(28-23(26)5-4-6-27(28)35-3)16-31-32-29(34)21-11-13-25(33)24(30)15-21/h4-16,18,33H,17H2,1-3H3,(H,32,34). The van der Waals surface area contributed by atoms with Crippen LogP contribution in [0.3, 0.4) is 0 Å². The molecule has 0 aliphatic rings. The van der Waals surface area contributed by atoms with E-state index in [-0.39, 0.29) is 16.3 Å². The van der Waals surface area contributed by atoms with Crippen molar-refractivity contribution >= 4 is 34.5 Å². The van der Waals surface area contributed by atoms with Gasteiger partial charge in [0.25, 0.3) is 5.91 Å². The Morgan fingerprint density at radius 2 is 1.83 bits per heavy atom. The molecule has 0 saturated heterocycles. The van der Waals surface area contributed by atoms with Crippen molar-refractivity contribution in [2.24, 2.45) is 5.10 Å². The lowest BCUT2D eigenvalue weighted by atomic mass is 10.0. The molecular formula is C29H27ClN2O4. The van der Waals surface area contributed by atoms with Crippen molar-refractivity contribution in [3.8, 4) is 17.2 Å². The average Bonchev–Trinajstić information content (AvgIpc) is 2.89. The van der Waals surface area contributed by atoms with E-state index >= 15 is 0 Å². The van der Waals surface area contributed by atoms with Gasteiger partial charge in [0, 0.05) is 21.9 Å². The molecule has 0 aliphatic heterocycles. The molecule has 0 atom stereocenters. The molecule has 0 aromatic heterocycles. The molecule has 184 valence electrons. The van der Waals surface area contributed by atoms with Crippen LogP contribution >= 0.6 is 11.6 Å². The van der Waals surface area contributed by atoms with E-state index in [2.05, 4.69) is 48.6 Å². The molecule has 0 spiro atoms. The number of methoxy groups -OCH3 is 1. The number of carbonyl (C=O) groups excluding carboxylic acids is 1. The van der Waals surface area contributed by atoms with Crippen molar-refractivity contribution in [2.75, 3.05) is 7.11 Å². The van der Waals surface area contributed by atoms with E-state index in [9.17, 15) is 9.90 Å². The number of phenols is 1. The second-order valence-corrected chi connectivity index (χ2v) is 8.99. The summed E-state index contributed by atoms with van der Waals surface area (Å²) in [6, 6.07) is 22.1. The molecule has 4 aromatic carbocycles. The third kappa shape index (κ3) is 5.61. The second kappa shape index (κ2) is 11.1. The summed E-state index contributed by atoms with van der Waals surface area (Å²) in [4.78, 5) is 12.4. The maximum atomic E-state index is 12.4. The van der Waals surface area contributed by atoms with Gasteiger partial charge in [0.15, 0.2) is 0 Å². The number of nitrogens with one attached hydrogen (secondary N) is 1. The van der Waals surface area contributed by atoms with Gasteiger partial charge in [0.2, 0.25) is 0 Å². The summed E-state index contributed by atoms with van der Waals surface area (Å²) in [6.45, 7) is 4.78. The molecule has 0 bridgehead atoms. The van der Waals surface area contributed by atoms with Crippen LogP contribution in [-0.2, 0) is 6.61 Å². The summed E-state index contributed by atoms with van der Waals surface area (Å²) >= 11 is 5.89.